The average Bonchev–Trinajstić information content (AvgIpc) is 3.07. The van der Waals surface area contributed by atoms with Crippen molar-refractivity contribution in [3.63, 3.8) is 0 Å². The van der Waals surface area contributed by atoms with E-state index in [2.05, 4.69) is 10.4 Å². The molecule has 0 amide bonds. The van der Waals surface area contributed by atoms with E-state index in [4.69, 9.17) is 15.3 Å². The Morgan fingerprint density at radius 2 is 2.00 bits per heavy atom. The summed E-state index contributed by atoms with van der Waals surface area (Å²) in [6, 6.07) is 11.1. The number of nitrogens with zero attached hydrogens (tertiary/aromatic N) is 1. The highest BCUT2D eigenvalue weighted by Gasteiger charge is 2.14. The molecule has 6 heteroatoms. The number of hydrazine groups is 1. The van der Waals surface area contributed by atoms with Gasteiger partial charge in [-0.25, -0.2) is 10.8 Å². The normalized spacial score (nSPS) is 15.7. The second-order valence-corrected chi connectivity index (χ2v) is 4.77. The first-order valence-corrected chi connectivity index (χ1v) is 6.97. The molecule has 6 nitrogen and oxygen atoms in total. The predicted octanol–water partition coefficient (Wildman–Crippen LogP) is 2.30. The van der Waals surface area contributed by atoms with Gasteiger partial charge in [0.1, 0.15) is 5.82 Å². The third kappa shape index (κ3) is 3.56. The molecule has 1 aromatic carbocycles. The number of ketones is 1. The van der Waals surface area contributed by atoms with Crippen molar-refractivity contribution < 1.29 is 14.3 Å². The number of aromatic nitrogens is 1. The second-order valence-electron chi connectivity index (χ2n) is 4.77. The summed E-state index contributed by atoms with van der Waals surface area (Å²) in [7, 11) is 0. The summed E-state index contributed by atoms with van der Waals surface area (Å²) in [4.78, 5) is 14.9. The molecule has 1 aliphatic heterocycles. The first kappa shape index (κ1) is 14.8. The van der Waals surface area contributed by atoms with Gasteiger partial charge in [-0.2, -0.15) is 0 Å². The van der Waals surface area contributed by atoms with Gasteiger partial charge in [-0.05, 0) is 48.1 Å². The summed E-state index contributed by atoms with van der Waals surface area (Å²) in [6.45, 7) is 0.272. The molecule has 0 spiro atoms. The van der Waals surface area contributed by atoms with E-state index in [1.807, 2.05) is 36.4 Å². The van der Waals surface area contributed by atoms with Crippen LogP contribution in [0, 0.1) is 0 Å². The fourth-order valence-electron chi connectivity index (χ4n) is 2.00. The Kier molecular flexibility index (Phi) is 4.35. The smallest absolute Gasteiger partial charge is 0.231 e. The van der Waals surface area contributed by atoms with E-state index in [0.29, 0.717) is 5.82 Å². The SMILES string of the molecule is NNc1ccccn1.O=C1C=CC1=Cc1ccc2c(c1)OCO2. The molecule has 3 N–H and O–H groups in total. The van der Waals surface area contributed by atoms with E-state index < -0.39 is 0 Å². The molecule has 2 heterocycles. The molecule has 23 heavy (non-hydrogen) atoms. The lowest BCUT2D eigenvalue weighted by molar-refractivity contribution is -0.111. The van der Waals surface area contributed by atoms with Gasteiger partial charge in [0.2, 0.25) is 6.79 Å². The number of benzene rings is 1. The number of anilines is 1. The number of carbonyl (C=O) groups excluding carboxylic acids is 1. The third-order valence-corrected chi connectivity index (χ3v) is 3.23. The summed E-state index contributed by atoms with van der Waals surface area (Å²) in [5.41, 5.74) is 4.10. The maximum absolute atomic E-state index is 11.1. The van der Waals surface area contributed by atoms with E-state index in [1.54, 1.807) is 24.4 Å². The zero-order valence-corrected chi connectivity index (χ0v) is 12.2. The maximum Gasteiger partial charge on any atom is 0.231 e. The van der Waals surface area contributed by atoms with Crippen molar-refractivity contribution in [3.8, 4) is 11.5 Å². The first-order valence-electron chi connectivity index (χ1n) is 6.97. The van der Waals surface area contributed by atoms with Crippen LogP contribution < -0.4 is 20.7 Å². The number of fused-ring (bicyclic) bond motifs is 1. The lowest BCUT2D eigenvalue weighted by atomic mass is 9.98. The highest BCUT2D eigenvalue weighted by molar-refractivity contribution is 6.16. The number of rotatable bonds is 2. The Morgan fingerprint density at radius 3 is 2.61 bits per heavy atom. The molecule has 116 valence electrons. The monoisotopic (exact) mass is 309 g/mol. The predicted molar refractivity (Wildman–Crippen MR) is 86.7 cm³/mol. The largest absolute Gasteiger partial charge is 0.454 e. The molecule has 0 radical (unpaired) electrons. The van der Waals surface area contributed by atoms with Crippen LogP contribution in [0.1, 0.15) is 5.56 Å². The Balaban J connectivity index is 0.000000166. The van der Waals surface area contributed by atoms with Gasteiger partial charge in [0.25, 0.3) is 0 Å². The molecular weight excluding hydrogens is 294 g/mol. The molecule has 0 fully saturated rings. The number of hydrogen-bond acceptors (Lipinski definition) is 6. The molecule has 1 aliphatic carbocycles. The van der Waals surface area contributed by atoms with Crippen LogP contribution in [0.3, 0.4) is 0 Å². The van der Waals surface area contributed by atoms with E-state index in [1.165, 1.54) is 0 Å². The molecule has 0 bridgehead atoms. The van der Waals surface area contributed by atoms with Crippen LogP contribution in [0.4, 0.5) is 5.82 Å². The fraction of sp³-hybridized carbons (Fsp3) is 0.0588. The average molecular weight is 309 g/mol. The molecule has 2 aromatic rings. The molecule has 2 aliphatic rings. The Labute approximate surface area is 133 Å². The molecule has 0 unspecified atom stereocenters. The number of nitrogens with one attached hydrogen (secondary N) is 1. The molecule has 0 atom stereocenters. The number of ether oxygens (including phenoxy) is 2. The lowest BCUT2D eigenvalue weighted by Gasteiger charge is -2.05. The highest BCUT2D eigenvalue weighted by Crippen LogP contribution is 2.33. The molecule has 1 aromatic heterocycles. The van der Waals surface area contributed by atoms with E-state index in [-0.39, 0.29) is 12.6 Å². The van der Waals surface area contributed by atoms with Gasteiger partial charge < -0.3 is 14.9 Å². The van der Waals surface area contributed by atoms with Gasteiger partial charge in [0, 0.05) is 11.8 Å². The van der Waals surface area contributed by atoms with Crippen molar-refractivity contribution in [2.75, 3.05) is 12.2 Å². The van der Waals surface area contributed by atoms with E-state index in [9.17, 15) is 4.79 Å². The van der Waals surface area contributed by atoms with Crippen molar-refractivity contribution in [1.29, 1.82) is 0 Å². The highest BCUT2D eigenvalue weighted by atomic mass is 16.7. The van der Waals surface area contributed by atoms with Crippen molar-refractivity contribution in [1.82, 2.24) is 4.98 Å². The van der Waals surface area contributed by atoms with Crippen molar-refractivity contribution in [2.45, 2.75) is 0 Å². The number of allylic oxidation sites excluding steroid dienone is 3. The Bertz CT molecular complexity index is 770. The minimum Gasteiger partial charge on any atom is -0.454 e. The zero-order chi connectivity index (χ0) is 16.1. The van der Waals surface area contributed by atoms with E-state index in [0.717, 1.165) is 22.6 Å². The van der Waals surface area contributed by atoms with Crippen LogP contribution in [0.25, 0.3) is 6.08 Å². The van der Waals surface area contributed by atoms with Crippen LogP contribution in [-0.4, -0.2) is 17.6 Å². The quantitative estimate of drug-likeness (QED) is 0.503. The second kappa shape index (κ2) is 6.76. The third-order valence-electron chi connectivity index (χ3n) is 3.23. The Hall–Kier alpha value is -3.12. The van der Waals surface area contributed by atoms with Crippen LogP contribution in [0.5, 0.6) is 11.5 Å². The van der Waals surface area contributed by atoms with Crippen molar-refractivity contribution in [3.05, 3.63) is 65.9 Å². The molecule has 0 saturated heterocycles. The number of carbonyl (C=O) groups is 1. The number of hydrogen-bond donors (Lipinski definition) is 2. The summed E-state index contributed by atoms with van der Waals surface area (Å²) in [5, 5.41) is 0. The maximum atomic E-state index is 11.1. The molecular formula is C17H15N3O3. The minimum atomic E-state index is 0.0765. The first-order chi connectivity index (χ1) is 11.3. The summed E-state index contributed by atoms with van der Waals surface area (Å²) >= 11 is 0. The van der Waals surface area contributed by atoms with Gasteiger partial charge in [0.15, 0.2) is 17.3 Å². The number of nitrogens with two attached hydrogens (primary N) is 1. The van der Waals surface area contributed by atoms with Gasteiger partial charge in [-0.3, -0.25) is 4.79 Å². The van der Waals surface area contributed by atoms with Gasteiger partial charge in [-0.15, -0.1) is 0 Å². The Morgan fingerprint density at radius 1 is 1.13 bits per heavy atom. The van der Waals surface area contributed by atoms with Crippen LogP contribution in [0.15, 0.2) is 60.3 Å². The van der Waals surface area contributed by atoms with Gasteiger partial charge in [-0.1, -0.05) is 12.1 Å². The molecule has 4 rings (SSSR count). The fourth-order valence-corrected chi connectivity index (χ4v) is 2.00. The van der Waals surface area contributed by atoms with Crippen LogP contribution in [-0.2, 0) is 4.79 Å². The van der Waals surface area contributed by atoms with E-state index >= 15 is 0 Å². The summed E-state index contributed by atoms with van der Waals surface area (Å²) < 4.78 is 10.4. The lowest BCUT2D eigenvalue weighted by Crippen LogP contribution is -2.07. The number of nitrogen functional groups attached to an aromatic ring is 1. The molecule has 0 saturated carbocycles. The van der Waals surface area contributed by atoms with Crippen molar-refractivity contribution >= 4 is 17.7 Å². The van der Waals surface area contributed by atoms with Crippen LogP contribution >= 0.6 is 0 Å². The van der Waals surface area contributed by atoms with Crippen molar-refractivity contribution in [2.24, 2.45) is 5.84 Å². The van der Waals surface area contributed by atoms with Gasteiger partial charge in [0.05, 0.1) is 0 Å². The standard InChI is InChI=1S/C12H8O3.C5H7N3/c13-10-3-2-9(10)5-8-1-4-11-12(6-8)15-7-14-11;6-8-5-3-1-2-4-7-5/h1-6H,7H2;1-4H,6H2,(H,7,8). The topological polar surface area (TPSA) is 86.5 Å². The summed E-state index contributed by atoms with van der Waals surface area (Å²) in [5.74, 6) is 7.29. The summed E-state index contributed by atoms with van der Waals surface area (Å²) in [6.07, 6.45) is 6.87. The number of pyridine rings is 1. The van der Waals surface area contributed by atoms with Crippen LogP contribution in [0.2, 0.25) is 0 Å². The zero-order valence-electron chi connectivity index (χ0n) is 12.2. The van der Waals surface area contributed by atoms with Gasteiger partial charge >= 0.3 is 0 Å². The minimum absolute atomic E-state index is 0.0765.